The number of hydrogen-bond acceptors (Lipinski definition) is 2. The molecule has 19 heavy (non-hydrogen) atoms. The molecule has 0 bridgehead atoms. The molecule has 1 aliphatic rings. The van der Waals surface area contributed by atoms with Gasteiger partial charge in [0, 0.05) is 11.6 Å². The number of hydrogen-bond donors (Lipinski definition) is 1. The van der Waals surface area contributed by atoms with Crippen LogP contribution in [0.3, 0.4) is 0 Å². The first kappa shape index (κ1) is 13.6. The zero-order chi connectivity index (χ0) is 14.0. The summed E-state index contributed by atoms with van der Waals surface area (Å²) < 4.78 is 0. The Bertz CT molecular complexity index is 508. The highest BCUT2D eigenvalue weighted by molar-refractivity contribution is 5.97. The van der Waals surface area contributed by atoms with Crippen LogP contribution in [0.2, 0.25) is 0 Å². The van der Waals surface area contributed by atoms with Crippen molar-refractivity contribution in [1.29, 1.82) is 0 Å². The second kappa shape index (κ2) is 5.43. The number of carboxylic acids is 1. The quantitative estimate of drug-likeness (QED) is 0.903. The molecule has 2 rings (SSSR count). The lowest BCUT2D eigenvalue weighted by Gasteiger charge is -2.26. The normalized spacial score (nSPS) is 13.4. The van der Waals surface area contributed by atoms with Crippen LogP contribution < -0.4 is 0 Å². The van der Waals surface area contributed by atoms with Crippen LogP contribution in [0.15, 0.2) is 18.2 Å². The Kier molecular flexibility index (Phi) is 3.88. The van der Waals surface area contributed by atoms with Crippen molar-refractivity contribution in [2.24, 2.45) is 0 Å². The summed E-state index contributed by atoms with van der Waals surface area (Å²) >= 11 is 0. The van der Waals surface area contributed by atoms with Crippen LogP contribution in [0.5, 0.6) is 0 Å². The number of fused-ring (bicyclic) bond motifs is 1. The molecule has 1 amide bonds. The topological polar surface area (TPSA) is 57.6 Å². The average molecular weight is 261 g/mol. The van der Waals surface area contributed by atoms with Gasteiger partial charge in [0.1, 0.15) is 6.54 Å². The van der Waals surface area contributed by atoms with E-state index in [9.17, 15) is 9.59 Å². The molecule has 0 atom stereocenters. The van der Waals surface area contributed by atoms with Gasteiger partial charge in [-0.3, -0.25) is 9.59 Å². The third-order valence-electron chi connectivity index (χ3n) is 3.57. The van der Waals surface area contributed by atoms with Crippen LogP contribution in [0, 0.1) is 0 Å². The first-order chi connectivity index (χ1) is 9.00. The molecule has 4 nitrogen and oxygen atoms in total. The Balaban J connectivity index is 2.32. The molecule has 0 radical (unpaired) electrons. The number of aryl methyl sites for hydroxylation is 1. The Hall–Kier alpha value is -1.84. The Morgan fingerprint density at radius 1 is 1.32 bits per heavy atom. The summed E-state index contributed by atoms with van der Waals surface area (Å²) in [7, 11) is 0. The van der Waals surface area contributed by atoms with Gasteiger partial charge in [-0.1, -0.05) is 12.1 Å². The molecular weight excluding hydrogens is 242 g/mol. The smallest absolute Gasteiger partial charge is 0.323 e. The highest BCUT2D eigenvalue weighted by Crippen LogP contribution is 2.26. The van der Waals surface area contributed by atoms with Crippen molar-refractivity contribution in [1.82, 2.24) is 4.90 Å². The lowest BCUT2D eigenvalue weighted by Crippen LogP contribution is -2.41. The fraction of sp³-hybridized carbons (Fsp3) is 0.467. The van der Waals surface area contributed by atoms with Crippen molar-refractivity contribution in [3.63, 3.8) is 0 Å². The Labute approximate surface area is 113 Å². The lowest BCUT2D eigenvalue weighted by atomic mass is 10.0. The van der Waals surface area contributed by atoms with Crippen molar-refractivity contribution >= 4 is 11.9 Å². The molecule has 1 N–H and O–H groups in total. The predicted octanol–water partition coefficient (Wildman–Crippen LogP) is 2.11. The summed E-state index contributed by atoms with van der Waals surface area (Å²) in [6.45, 7) is 3.42. The van der Waals surface area contributed by atoms with Gasteiger partial charge >= 0.3 is 5.97 Å². The number of benzene rings is 1. The maximum atomic E-state index is 12.5. The minimum atomic E-state index is -0.977. The Morgan fingerprint density at radius 2 is 2.05 bits per heavy atom. The highest BCUT2D eigenvalue weighted by atomic mass is 16.4. The number of carboxylic acid groups (broad SMARTS) is 1. The fourth-order valence-corrected chi connectivity index (χ4v) is 2.61. The van der Waals surface area contributed by atoms with Crippen molar-refractivity contribution in [2.45, 2.75) is 39.2 Å². The molecule has 4 heteroatoms. The number of carbonyl (C=O) groups is 2. The third kappa shape index (κ3) is 2.78. The van der Waals surface area contributed by atoms with Gasteiger partial charge in [-0.05, 0) is 50.3 Å². The molecule has 0 saturated carbocycles. The van der Waals surface area contributed by atoms with Gasteiger partial charge in [-0.2, -0.15) is 0 Å². The third-order valence-corrected chi connectivity index (χ3v) is 3.57. The molecule has 1 aliphatic carbocycles. The van der Waals surface area contributed by atoms with E-state index in [0.717, 1.165) is 24.8 Å². The standard InChI is InChI=1S/C15H19NO3/c1-10(2)16(9-14(17)18)15(19)13-8-4-6-11-5-3-7-12(11)13/h4,6,8,10H,3,5,7,9H2,1-2H3,(H,17,18). The summed E-state index contributed by atoms with van der Waals surface area (Å²) in [5.41, 5.74) is 3.00. The van der Waals surface area contributed by atoms with Gasteiger partial charge in [0.2, 0.25) is 0 Å². The second-order valence-electron chi connectivity index (χ2n) is 5.22. The molecule has 0 spiro atoms. The number of aliphatic carboxylic acids is 1. The van der Waals surface area contributed by atoms with Crippen molar-refractivity contribution in [3.05, 3.63) is 34.9 Å². The molecule has 0 unspecified atom stereocenters. The van der Waals surface area contributed by atoms with E-state index in [4.69, 9.17) is 5.11 Å². The maximum absolute atomic E-state index is 12.5. The highest BCUT2D eigenvalue weighted by Gasteiger charge is 2.25. The van der Waals surface area contributed by atoms with Crippen LogP contribution >= 0.6 is 0 Å². The SMILES string of the molecule is CC(C)N(CC(=O)O)C(=O)c1cccc2c1CCC2. The largest absolute Gasteiger partial charge is 0.480 e. The number of nitrogens with zero attached hydrogens (tertiary/aromatic N) is 1. The number of rotatable bonds is 4. The van der Waals surface area contributed by atoms with E-state index in [-0.39, 0.29) is 18.5 Å². The van der Waals surface area contributed by atoms with Gasteiger partial charge in [0.05, 0.1) is 0 Å². The molecule has 0 heterocycles. The zero-order valence-electron chi connectivity index (χ0n) is 11.3. The molecule has 0 aromatic heterocycles. The van der Waals surface area contributed by atoms with E-state index in [0.29, 0.717) is 5.56 Å². The predicted molar refractivity (Wildman–Crippen MR) is 72.3 cm³/mol. The molecule has 0 fully saturated rings. The summed E-state index contributed by atoms with van der Waals surface area (Å²) in [6.07, 6.45) is 2.99. The van der Waals surface area contributed by atoms with E-state index < -0.39 is 5.97 Å². The van der Waals surface area contributed by atoms with Gasteiger partial charge in [-0.15, -0.1) is 0 Å². The summed E-state index contributed by atoms with van der Waals surface area (Å²) in [6, 6.07) is 5.62. The van der Waals surface area contributed by atoms with Crippen LogP contribution in [0.4, 0.5) is 0 Å². The fourth-order valence-electron chi connectivity index (χ4n) is 2.61. The second-order valence-corrected chi connectivity index (χ2v) is 5.22. The summed E-state index contributed by atoms with van der Waals surface area (Å²) in [5, 5.41) is 8.93. The molecular formula is C15H19NO3. The first-order valence-electron chi connectivity index (χ1n) is 6.64. The van der Waals surface area contributed by atoms with Gasteiger partial charge in [-0.25, -0.2) is 0 Å². The van der Waals surface area contributed by atoms with Crippen molar-refractivity contribution in [3.8, 4) is 0 Å². The van der Waals surface area contributed by atoms with E-state index >= 15 is 0 Å². The molecule has 0 aliphatic heterocycles. The minimum Gasteiger partial charge on any atom is -0.480 e. The molecule has 1 aromatic carbocycles. The van der Waals surface area contributed by atoms with Gasteiger partial charge in [0.15, 0.2) is 0 Å². The number of amides is 1. The van der Waals surface area contributed by atoms with Crippen LogP contribution in [0.25, 0.3) is 0 Å². The van der Waals surface area contributed by atoms with Crippen LogP contribution in [-0.2, 0) is 17.6 Å². The maximum Gasteiger partial charge on any atom is 0.323 e. The van der Waals surface area contributed by atoms with Gasteiger partial charge in [0.25, 0.3) is 5.91 Å². The number of carbonyl (C=O) groups excluding carboxylic acids is 1. The lowest BCUT2D eigenvalue weighted by molar-refractivity contribution is -0.138. The summed E-state index contributed by atoms with van der Waals surface area (Å²) in [4.78, 5) is 24.8. The minimum absolute atomic E-state index is 0.124. The van der Waals surface area contributed by atoms with Crippen molar-refractivity contribution in [2.75, 3.05) is 6.54 Å². The van der Waals surface area contributed by atoms with Gasteiger partial charge < -0.3 is 10.0 Å². The molecule has 0 saturated heterocycles. The summed E-state index contributed by atoms with van der Waals surface area (Å²) in [5.74, 6) is -1.15. The van der Waals surface area contributed by atoms with Crippen LogP contribution in [-0.4, -0.2) is 34.5 Å². The van der Waals surface area contributed by atoms with E-state index in [2.05, 4.69) is 6.07 Å². The molecule has 102 valence electrons. The van der Waals surface area contributed by atoms with E-state index in [1.165, 1.54) is 10.5 Å². The first-order valence-corrected chi connectivity index (χ1v) is 6.64. The Morgan fingerprint density at radius 3 is 2.68 bits per heavy atom. The van der Waals surface area contributed by atoms with E-state index in [1.54, 1.807) is 0 Å². The van der Waals surface area contributed by atoms with Crippen LogP contribution in [0.1, 0.15) is 41.8 Å². The zero-order valence-corrected chi connectivity index (χ0v) is 11.3. The van der Waals surface area contributed by atoms with E-state index in [1.807, 2.05) is 26.0 Å². The average Bonchev–Trinajstić information content (AvgIpc) is 2.82. The monoisotopic (exact) mass is 261 g/mol. The van der Waals surface area contributed by atoms with Crippen molar-refractivity contribution < 1.29 is 14.7 Å². The molecule has 1 aromatic rings.